The van der Waals surface area contributed by atoms with Gasteiger partial charge in [-0.15, -0.1) is 0 Å². The van der Waals surface area contributed by atoms with Crippen molar-refractivity contribution in [3.63, 3.8) is 0 Å². The minimum Gasteiger partial charge on any atom is -0.427 e. The summed E-state index contributed by atoms with van der Waals surface area (Å²) < 4.78 is 21.2. The molecular formula is C42H30N2O10. The SMILES string of the molecule is CC(=O)Oc1ccc(NC(=O)c2cccc(C(=O)Oc3ccc4cc(OC(=O)c5cccc(C(=O)Nc6ccc(OC(C)=O)cc6)c5)ccc4c3)c2)cc1. The highest BCUT2D eigenvalue weighted by Crippen LogP contribution is 2.27. The number of rotatable bonds is 10. The average molecular weight is 723 g/mol. The van der Waals surface area contributed by atoms with Crippen molar-refractivity contribution in [3.8, 4) is 23.0 Å². The summed E-state index contributed by atoms with van der Waals surface area (Å²) in [7, 11) is 0. The maximum atomic E-state index is 13.0. The molecule has 12 heteroatoms. The summed E-state index contributed by atoms with van der Waals surface area (Å²) in [6.45, 7) is 2.58. The molecule has 6 aromatic rings. The zero-order chi connectivity index (χ0) is 38.2. The van der Waals surface area contributed by atoms with Crippen LogP contribution in [0, 0.1) is 0 Å². The van der Waals surface area contributed by atoms with E-state index in [4.69, 9.17) is 18.9 Å². The molecular weight excluding hydrogens is 692 g/mol. The number of carbonyl (C=O) groups excluding carboxylic acids is 6. The standard InChI is InChI=1S/C42H30N2O10/c1-25(45)51-35-17-11-33(12-18-35)43-39(47)29-5-3-7-31(21-29)41(49)53-37-15-9-28-24-38(16-10-27(28)23-37)54-42(50)32-8-4-6-30(22-32)40(48)44-34-13-19-36(20-14-34)52-26(2)46/h3-24H,1-2H3,(H,43,47)(H,44,48). The molecule has 2 N–H and O–H groups in total. The summed E-state index contributed by atoms with van der Waals surface area (Å²) in [6, 6.07) is 34.6. The van der Waals surface area contributed by atoms with Crippen LogP contribution in [-0.2, 0) is 9.59 Å². The molecule has 0 saturated carbocycles. The van der Waals surface area contributed by atoms with Crippen molar-refractivity contribution in [2.45, 2.75) is 13.8 Å². The van der Waals surface area contributed by atoms with Gasteiger partial charge in [0.15, 0.2) is 0 Å². The van der Waals surface area contributed by atoms with Crippen LogP contribution in [0.4, 0.5) is 11.4 Å². The van der Waals surface area contributed by atoms with Crippen molar-refractivity contribution in [1.29, 1.82) is 0 Å². The van der Waals surface area contributed by atoms with Crippen molar-refractivity contribution in [2.75, 3.05) is 10.6 Å². The number of fused-ring (bicyclic) bond motifs is 1. The fourth-order valence-electron chi connectivity index (χ4n) is 5.19. The predicted octanol–water partition coefficient (Wildman–Crippen LogP) is 7.63. The monoisotopic (exact) mass is 722 g/mol. The second-order valence-corrected chi connectivity index (χ2v) is 11.8. The van der Waals surface area contributed by atoms with Gasteiger partial charge in [-0.3, -0.25) is 19.2 Å². The van der Waals surface area contributed by atoms with Gasteiger partial charge in [0, 0.05) is 36.3 Å². The number of benzene rings is 6. The number of carbonyl (C=O) groups is 6. The first-order valence-corrected chi connectivity index (χ1v) is 16.4. The van der Waals surface area contributed by atoms with E-state index in [2.05, 4.69) is 10.6 Å². The summed E-state index contributed by atoms with van der Waals surface area (Å²) >= 11 is 0. The zero-order valence-corrected chi connectivity index (χ0v) is 28.8. The van der Waals surface area contributed by atoms with Crippen molar-refractivity contribution in [1.82, 2.24) is 0 Å². The highest BCUT2D eigenvalue weighted by Gasteiger charge is 2.16. The minimum atomic E-state index is -0.673. The predicted molar refractivity (Wildman–Crippen MR) is 198 cm³/mol. The third kappa shape index (κ3) is 9.38. The van der Waals surface area contributed by atoms with Crippen LogP contribution in [-0.4, -0.2) is 35.7 Å². The van der Waals surface area contributed by atoms with Gasteiger partial charge in [0.05, 0.1) is 11.1 Å². The number of ether oxygens (including phenoxy) is 4. The molecule has 2 amide bonds. The Morgan fingerprint density at radius 3 is 1.11 bits per heavy atom. The Morgan fingerprint density at radius 1 is 0.389 bits per heavy atom. The molecule has 0 bridgehead atoms. The van der Waals surface area contributed by atoms with Crippen LogP contribution in [0.2, 0.25) is 0 Å². The topological polar surface area (TPSA) is 163 Å². The van der Waals surface area contributed by atoms with Crippen LogP contribution < -0.4 is 29.6 Å². The largest absolute Gasteiger partial charge is 0.427 e. The Labute approximate surface area is 308 Å². The quantitative estimate of drug-likeness (QED) is 0.106. The Bertz CT molecular complexity index is 2250. The van der Waals surface area contributed by atoms with Crippen LogP contribution >= 0.6 is 0 Å². The molecule has 268 valence electrons. The molecule has 0 heterocycles. The summed E-state index contributed by atoms with van der Waals surface area (Å²) in [5.41, 5.74) is 1.71. The molecule has 6 aromatic carbocycles. The molecule has 0 radical (unpaired) electrons. The van der Waals surface area contributed by atoms with Crippen molar-refractivity contribution >= 4 is 57.8 Å². The van der Waals surface area contributed by atoms with E-state index in [1.165, 1.54) is 38.1 Å². The lowest BCUT2D eigenvalue weighted by molar-refractivity contribution is -0.132. The van der Waals surface area contributed by atoms with Crippen molar-refractivity contribution in [3.05, 3.63) is 156 Å². The number of amides is 2. The molecule has 12 nitrogen and oxygen atoms in total. The summed E-state index contributed by atoms with van der Waals surface area (Å²) in [5, 5.41) is 6.86. The summed E-state index contributed by atoms with van der Waals surface area (Å²) in [6.07, 6.45) is 0. The van der Waals surface area contributed by atoms with Crippen LogP contribution in [0.1, 0.15) is 55.3 Å². The maximum absolute atomic E-state index is 13.0. The van der Waals surface area contributed by atoms with Crippen LogP contribution in [0.5, 0.6) is 23.0 Å². The molecule has 0 aliphatic rings. The maximum Gasteiger partial charge on any atom is 0.343 e. The fourth-order valence-corrected chi connectivity index (χ4v) is 5.19. The molecule has 0 aromatic heterocycles. The smallest absolute Gasteiger partial charge is 0.343 e. The minimum absolute atomic E-state index is 0.159. The van der Waals surface area contributed by atoms with Crippen LogP contribution in [0.25, 0.3) is 10.8 Å². The first-order chi connectivity index (χ1) is 26.0. The molecule has 0 atom stereocenters. The van der Waals surface area contributed by atoms with Gasteiger partial charge in [-0.2, -0.15) is 0 Å². The summed E-state index contributed by atoms with van der Waals surface area (Å²) in [5.74, 6) is -1.96. The second kappa shape index (κ2) is 16.2. The van der Waals surface area contributed by atoms with Gasteiger partial charge in [-0.1, -0.05) is 24.3 Å². The zero-order valence-electron chi connectivity index (χ0n) is 28.8. The van der Waals surface area contributed by atoms with Crippen LogP contribution in [0.3, 0.4) is 0 Å². The van der Waals surface area contributed by atoms with Gasteiger partial charge in [-0.05, 0) is 120 Å². The highest BCUT2D eigenvalue weighted by atomic mass is 16.5. The third-order valence-electron chi connectivity index (χ3n) is 7.67. The first-order valence-electron chi connectivity index (χ1n) is 16.4. The Morgan fingerprint density at radius 2 is 0.741 bits per heavy atom. The molecule has 0 saturated heterocycles. The van der Waals surface area contributed by atoms with E-state index in [0.717, 1.165) is 0 Å². The van der Waals surface area contributed by atoms with E-state index >= 15 is 0 Å². The third-order valence-corrected chi connectivity index (χ3v) is 7.67. The van der Waals surface area contributed by atoms with Crippen LogP contribution in [0.15, 0.2) is 133 Å². The van der Waals surface area contributed by atoms with Gasteiger partial charge in [0.25, 0.3) is 11.8 Å². The lowest BCUT2D eigenvalue weighted by Crippen LogP contribution is -2.14. The number of anilines is 2. The Hall–Kier alpha value is -7.60. The van der Waals surface area contributed by atoms with E-state index in [0.29, 0.717) is 33.6 Å². The number of hydrogen-bond donors (Lipinski definition) is 2. The van der Waals surface area contributed by atoms with E-state index < -0.39 is 35.7 Å². The fraction of sp³-hybridized carbons (Fsp3) is 0.0476. The van der Waals surface area contributed by atoms with E-state index in [9.17, 15) is 28.8 Å². The molecule has 0 fully saturated rings. The van der Waals surface area contributed by atoms with Gasteiger partial charge in [0.2, 0.25) is 0 Å². The van der Waals surface area contributed by atoms with Crippen molar-refractivity contribution < 1.29 is 47.7 Å². The highest BCUT2D eigenvalue weighted by molar-refractivity contribution is 6.07. The Kier molecular flexibility index (Phi) is 10.8. The first kappa shape index (κ1) is 36.2. The lowest BCUT2D eigenvalue weighted by atomic mass is 10.1. The number of hydrogen-bond acceptors (Lipinski definition) is 10. The van der Waals surface area contributed by atoms with E-state index in [1.54, 1.807) is 109 Å². The normalized spacial score (nSPS) is 10.5. The molecule has 0 aliphatic heterocycles. The van der Waals surface area contributed by atoms with Gasteiger partial charge < -0.3 is 29.6 Å². The molecule has 6 rings (SSSR count). The molecule has 0 aliphatic carbocycles. The summed E-state index contributed by atoms with van der Waals surface area (Å²) in [4.78, 5) is 74.0. The lowest BCUT2D eigenvalue weighted by Gasteiger charge is -2.10. The van der Waals surface area contributed by atoms with E-state index in [1.807, 2.05) is 0 Å². The van der Waals surface area contributed by atoms with Crippen molar-refractivity contribution in [2.24, 2.45) is 0 Å². The number of esters is 4. The van der Waals surface area contributed by atoms with Gasteiger partial charge in [-0.25, -0.2) is 9.59 Å². The molecule has 54 heavy (non-hydrogen) atoms. The molecule has 0 spiro atoms. The average Bonchev–Trinajstić information content (AvgIpc) is 3.16. The van der Waals surface area contributed by atoms with Gasteiger partial charge in [0.1, 0.15) is 23.0 Å². The Balaban J connectivity index is 1.06. The van der Waals surface area contributed by atoms with E-state index in [-0.39, 0.29) is 33.8 Å². The molecule has 0 unspecified atom stereocenters. The van der Waals surface area contributed by atoms with Gasteiger partial charge >= 0.3 is 23.9 Å². The number of nitrogens with one attached hydrogen (secondary N) is 2. The second-order valence-electron chi connectivity index (χ2n) is 11.8.